The van der Waals surface area contributed by atoms with Gasteiger partial charge in [0.05, 0.1) is 10.7 Å². The molecule has 22 heavy (non-hydrogen) atoms. The van der Waals surface area contributed by atoms with Crippen LogP contribution in [0.1, 0.15) is 11.1 Å². The number of benzene rings is 2. The molecule has 0 fully saturated rings. The molecular formula is C16H14Cl2N2O2. The van der Waals surface area contributed by atoms with Gasteiger partial charge < -0.3 is 10.6 Å². The normalized spacial score (nSPS) is 10.2. The van der Waals surface area contributed by atoms with Crippen molar-refractivity contribution in [2.24, 2.45) is 0 Å². The third-order valence-electron chi connectivity index (χ3n) is 3.03. The second-order valence-electron chi connectivity index (χ2n) is 4.85. The summed E-state index contributed by atoms with van der Waals surface area (Å²) in [5.41, 5.74) is 2.79. The maximum atomic E-state index is 12.0. The summed E-state index contributed by atoms with van der Waals surface area (Å²) in [6.45, 7) is 3.76. The van der Waals surface area contributed by atoms with Crippen LogP contribution in [-0.2, 0) is 9.59 Å². The van der Waals surface area contributed by atoms with E-state index in [0.29, 0.717) is 16.4 Å². The smallest absolute Gasteiger partial charge is 0.314 e. The van der Waals surface area contributed by atoms with Crippen LogP contribution >= 0.6 is 23.2 Å². The number of aryl methyl sites for hydroxylation is 2. The minimum atomic E-state index is -0.801. The zero-order chi connectivity index (χ0) is 16.3. The minimum Gasteiger partial charge on any atom is -0.318 e. The Labute approximate surface area is 138 Å². The van der Waals surface area contributed by atoms with Gasteiger partial charge in [0.25, 0.3) is 0 Å². The number of hydrogen-bond donors (Lipinski definition) is 2. The van der Waals surface area contributed by atoms with E-state index >= 15 is 0 Å². The number of nitrogens with one attached hydrogen (secondary N) is 2. The molecule has 0 spiro atoms. The topological polar surface area (TPSA) is 58.2 Å². The van der Waals surface area contributed by atoms with Gasteiger partial charge in [0.1, 0.15) is 0 Å². The van der Waals surface area contributed by atoms with Crippen molar-refractivity contribution in [3.63, 3.8) is 0 Å². The molecule has 2 aromatic carbocycles. The molecule has 0 radical (unpaired) electrons. The van der Waals surface area contributed by atoms with Crippen molar-refractivity contribution in [2.75, 3.05) is 10.6 Å². The highest BCUT2D eigenvalue weighted by molar-refractivity contribution is 6.45. The summed E-state index contributed by atoms with van der Waals surface area (Å²) in [6.07, 6.45) is 0. The first-order valence-corrected chi connectivity index (χ1v) is 7.27. The summed E-state index contributed by atoms with van der Waals surface area (Å²) >= 11 is 11.7. The van der Waals surface area contributed by atoms with Gasteiger partial charge in [-0.25, -0.2) is 0 Å². The molecule has 2 aromatic rings. The van der Waals surface area contributed by atoms with Crippen molar-refractivity contribution < 1.29 is 9.59 Å². The lowest BCUT2D eigenvalue weighted by atomic mass is 10.1. The van der Waals surface area contributed by atoms with E-state index in [4.69, 9.17) is 23.2 Å². The number of halogens is 2. The van der Waals surface area contributed by atoms with Crippen LogP contribution in [0.3, 0.4) is 0 Å². The van der Waals surface area contributed by atoms with Gasteiger partial charge in [0, 0.05) is 10.7 Å². The lowest BCUT2D eigenvalue weighted by Gasteiger charge is -2.10. The van der Waals surface area contributed by atoms with Gasteiger partial charge in [-0.2, -0.15) is 0 Å². The number of anilines is 2. The minimum absolute atomic E-state index is 0.264. The third-order valence-corrected chi connectivity index (χ3v) is 3.57. The summed E-state index contributed by atoms with van der Waals surface area (Å²) in [7, 11) is 0. The van der Waals surface area contributed by atoms with Crippen LogP contribution in [-0.4, -0.2) is 11.8 Å². The van der Waals surface area contributed by atoms with E-state index in [1.165, 1.54) is 12.1 Å². The van der Waals surface area contributed by atoms with Crippen molar-refractivity contribution in [3.8, 4) is 0 Å². The van der Waals surface area contributed by atoms with Crippen LogP contribution in [0.15, 0.2) is 36.4 Å². The molecule has 0 atom stereocenters. The van der Waals surface area contributed by atoms with Crippen molar-refractivity contribution in [1.29, 1.82) is 0 Å². The van der Waals surface area contributed by atoms with E-state index in [0.717, 1.165) is 11.1 Å². The van der Waals surface area contributed by atoms with Crippen molar-refractivity contribution in [3.05, 3.63) is 57.6 Å². The molecular weight excluding hydrogens is 323 g/mol. The fourth-order valence-electron chi connectivity index (χ4n) is 1.82. The molecule has 0 bridgehead atoms. The molecule has 0 unspecified atom stereocenters. The van der Waals surface area contributed by atoms with E-state index in [2.05, 4.69) is 10.6 Å². The van der Waals surface area contributed by atoms with Crippen LogP contribution in [0.4, 0.5) is 11.4 Å². The number of carbonyl (C=O) groups is 2. The number of rotatable bonds is 2. The van der Waals surface area contributed by atoms with E-state index < -0.39 is 11.8 Å². The van der Waals surface area contributed by atoms with Crippen LogP contribution in [0, 0.1) is 13.8 Å². The summed E-state index contributed by atoms with van der Waals surface area (Å²) < 4.78 is 0. The van der Waals surface area contributed by atoms with Crippen molar-refractivity contribution >= 4 is 46.4 Å². The Balaban J connectivity index is 2.09. The molecule has 2 amide bonds. The highest BCUT2D eigenvalue weighted by Gasteiger charge is 2.16. The molecule has 0 aromatic heterocycles. The molecule has 2 N–H and O–H groups in total. The first-order chi connectivity index (χ1) is 10.4. The Kier molecular flexibility index (Phi) is 5.06. The molecule has 6 heteroatoms. The second-order valence-corrected chi connectivity index (χ2v) is 5.69. The van der Waals surface area contributed by atoms with Gasteiger partial charge in [-0.1, -0.05) is 35.3 Å². The molecule has 0 heterocycles. The number of hydrogen-bond acceptors (Lipinski definition) is 2. The summed E-state index contributed by atoms with van der Waals surface area (Å²) in [5, 5.41) is 5.74. The Morgan fingerprint density at radius 1 is 0.864 bits per heavy atom. The van der Waals surface area contributed by atoms with Gasteiger partial charge in [-0.3, -0.25) is 9.59 Å². The zero-order valence-corrected chi connectivity index (χ0v) is 13.5. The SMILES string of the molecule is Cc1ccc(C)c(NC(=O)C(=O)Nc2ccc(Cl)cc2Cl)c1. The van der Waals surface area contributed by atoms with E-state index in [-0.39, 0.29) is 5.02 Å². The Morgan fingerprint density at radius 2 is 1.50 bits per heavy atom. The van der Waals surface area contributed by atoms with Crippen LogP contribution in [0.2, 0.25) is 10.0 Å². The van der Waals surface area contributed by atoms with E-state index in [9.17, 15) is 9.59 Å². The molecule has 0 saturated heterocycles. The predicted octanol–water partition coefficient (Wildman–Crippen LogP) is 4.19. The van der Waals surface area contributed by atoms with Gasteiger partial charge in [0.2, 0.25) is 0 Å². The van der Waals surface area contributed by atoms with Crippen molar-refractivity contribution in [1.82, 2.24) is 0 Å². The molecule has 4 nitrogen and oxygen atoms in total. The highest BCUT2D eigenvalue weighted by atomic mass is 35.5. The lowest BCUT2D eigenvalue weighted by Crippen LogP contribution is -2.29. The predicted molar refractivity (Wildman–Crippen MR) is 89.6 cm³/mol. The van der Waals surface area contributed by atoms with Gasteiger partial charge >= 0.3 is 11.8 Å². The Bertz CT molecular complexity index is 745. The molecule has 0 saturated carbocycles. The summed E-state index contributed by atoms with van der Waals surface area (Å²) in [6, 6.07) is 10.2. The monoisotopic (exact) mass is 336 g/mol. The second kappa shape index (κ2) is 6.81. The highest BCUT2D eigenvalue weighted by Crippen LogP contribution is 2.25. The Hall–Kier alpha value is -2.04. The first-order valence-electron chi connectivity index (χ1n) is 6.51. The summed E-state index contributed by atoms with van der Waals surface area (Å²) in [5.74, 6) is -1.56. The third kappa shape index (κ3) is 4.00. The van der Waals surface area contributed by atoms with Crippen molar-refractivity contribution in [2.45, 2.75) is 13.8 Å². The van der Waals surface area contributed by atoms with E-state index in [1.54, 1.807) is 12.1 Å². The maximum Gasteiger partial charge on any atom is 0.314 e. The average molecular weight is 337 g/mol. The number of amides is 2. The van der Waals surface area contributed by atoms with Gasteiger partial charge in [-0.15, -0.1) is 0 Å². The average Bonchev–Trinajstić information content (AvgIpc) is 2.45. The first kappa shape index (κ1) is 16.3. The van der Waals surface area contributed by atoms with Crippen LogP contribution in [0.5, 0.6) is 0 Å². The quantitative estimate of drug-likeness (QED) is 0.808. The molecule has 114 valence electrons. The lowest BCUT2D eigenvalue weighted by molar-refractivity contribution is -0.133. The Morgan fingerprint density at radius 3 is 2.14 bits per heavy atom. The molecule has 0 aliphatic rings. The zero-order valence-electron chi connectivity index (χ0n) is 12.0. The van der Waals surface area contributed by atoms with Gasteiger partial charge in [0.15, 0.2) is 0 Å². The maximum absolute atomic E-state index is 12.0. The number of carbonyl (C=O) groups excluding carboxylic acids is 2. The van der Waals surface area contributed by atoms with Gasteiger partial charge in [-0.05, 0) is 49.2 Å². The fraction of sp³-hybridized carbons (Fsp3) is 0.125. The largest absolute Gasteiger partial charge is 0.318 e. The fourth-order valence-corrected chi connectivity index (χ4v) is 2.28. The molecule has 0 aliphatic carbocycles. The molecule has 0 aliphatic heterocycles. The standard InChI is InChI=1S/C16H14Cl2N2O2/c1-9-3-4-10(2)14(7-9)20-16(22)15(21)19-13-6-5-11(17)8-12(13)18/h3-8H,1-2H3,(H,19,21)(H,20,22). The van der Waals surface area contributed by atoms with Crippen LogP contribution < -0.4 is 10.6 Å². The summed E-state index contributed by atoms with van der Waals surface area (Å²) in [4.78, 5) is 23.9. The molecule has 2 rings (SSSR count). The van der Waals surface area contributed by atoms with E-state index in [1.807, 2.05) is 26.0 Å². The van der Waals surface area contributed by atoms with Crippen LogP contribution in [0.25, 0.3) is 0 Å².